The summed E-state index contributed by atoms with van der Waals surface area (Å²) in [7, 11) is -5.57. The van der Waals surface area contributed by atoms with Gasteiger partial charge in [0.05, 0.1) is 18.6 Å². The van der Waals surface area contributed by atoms with Gasteiger partial charge in [-0.05, 0) is 24.6 Å². The van der Waals surface area contributed by atoms with Gasteiger partial charge in [0, 0.05) is 26.3 Å². The van der Waals surface area contributed by atoms with Crippen molar-refractivity contribution in [1.82, 2.24) is 0 Å². The number of phosphoric acid groups is 1. The number of carbonyl (C=O) groups excluding carboxylic acids is 4. The first-order valence-electron chi connectivity index (χ1n) is 14.7. The maximum Gasteiger partial charge on any atom is 0.482 e. The molecule has 1 amide bonds. The Morgan fingerprint density at radius 1 is 1.14 bits per heavy atom. The first-order valence-corrected chi connectivity index (χ1v) is 18.9. The highest BCUT2D eigenvalue weighted by Gasteiger charge is 2.78. The van der Waals surface area contributed by atoms with Crippen LogP contribution in [0.2, 0.25) is 0 Å². The summed E-state index contributed by atoms with van der Waals surface area (Å²) in [6.45, 7) is -2.72. The second-order valence-electron chi connectivity index (χ2n) is 11.9. The first kappa shape index (κ1) is 40.2. The van der Waals surface area contributed by atoms with Crippen LogP contribution in [0.5, 0.6) is 0 Å². The zero-order chi connectivity index (χ0) is 37.6. The molecule has 13 atom stereocenters. The van der Waals surface area contributed by atoms with Gasteiger partial charge >= 0.3 is 32.5 Å². The summed E-state index contributed by atoms with van der Waals surface area (Å²) in [6, 6.07) is 4.19. The molecule has 0 radical (unpaired) electrons. The lowest BCUT2D eigenvalue weighted by Gasteiger charge is -2.51. The Hall–Kier alpha value is -2.55. The number of ether oxygens (including phenoxy) is 5. The van der Waals surface area contributed by atoms with Gasteiger partial charge in [-0.15, -0.1) is 0 Å². The minimum atomic E-state index is -5.57. The van der Waals surface area contributed by atoms with E-state index < -0.39 is 118 Å². The molecule has 1 aliphatic carbocycles. The zero-order valence-corrected chi connectivity index (χ0v) is 29.5. The van der Waals surface area contributed by atoms with Crippen molar-refractivity contribution in [3.05, 3.63) is 35.4 Å². The van der Waals surface area contributed by atoms with Crippen LogP contribution in [0, 0.1) is 11.8 Å². The summed E-state index contributed by atoms with van der Waals surface area (Å²) in [5.41, 5.74) is 9.33. The maximum atomic E-state index is 15.7. The number of aliphatic hydroxyl groups is 1. The van der Waals surface area contributed by atoms with Gasteiger partial charge in [-0.3, -0.25) is 28.2 Å². The van der Waals surface area contributed by atoms with Crippen LogP contribution in [0.3, 0.4) is 0 Å². The van der Waals surface area contributed by atoms with Crippen LogP contribution in [0.4, 0.5) is 8.78 Å². The van der Waals surface area contributed by atoms with Crippen LogP contribution in [-0.2, 0) is 60.6 Å². The van der Waals surface area contributed by atoms with Crippen LogP contribution in [0.15, 0.2) is 24.3 Å². The Morgan fingerprint density at radius 3 is 2.38 bits per heavy atom. The number of primary amides is 1. The molecule has 18 nitrogen and oxygen atoms in total. The SMILES string of the molecule is CC(=O)OC[C@H](F)C1C(OC(C)=O)C(O)C2C(OP(=O)(O)OP(=O)(S)OC[C@H]3O[C@@H](c4cccc(C(N)=O)c4)[C@](C)(F)[C@@H]3N)OC21OC(C)=O. The van der Waals surface area contributed by atoms with E-state index in [0.29, 0.717) is 0 Å². The minimum Gasteiger partial charge on any atom is -0.463 e. The molecule has 4 rings (SSSR count). The number of rotatable bonds is 14. The quantitative estimate of drug-likeness (QED) is 0.0776. The Kier molecular flexibility index (Phi) is 11.9. The van der Waals surface area contributed by atoms with Crippen LogP contribution in [0.1, 0.15) is 49.7 Å². The van der Waals surface area contributed by atoms with Crippen molar-refractivity contribution in [2.45, 2.75) is 82.1 Å². The number of alkyl halides is 2. The zero-order valence-electron chi connectivity index (χ0n) is 26.8. The largest absolute Gasteiger partial charge is 0.482 e. The third-order valence-corrected chi connectivity index (χ3v) is 11.8. The molecule has 3 aliphatic rings. The Bertz CT molecular complexity index is 1610. The van der Waals surface area contributed by atoms with Gasteiger partial charge in [0.15, 0.2) is 12.0 Å². The molecule has 1 saturated carbocycles. The number of benzene rings is 1. The Morgan fingerprint density at radius 2 is 1.80 bits per heavy atom. The number of phosphoric ester groups is 1. The van der Waals surface area contributed by atoms with E-state index in [4.69, 9.17) is 39.5 Å². The molecule has 8 unspecified atom stereocenters. The van der Waals surface area contributed by atoms with Gasteiger partial charge < -0.3 is 45.2 Å². The van der Waals surface area contributed by atoms with Crippen molar-refractivity contribution in [3.8, 4) is 0 Å². The first-order chi connectivity index (χ1) is 23.0. The number of hydrogen-bond acceptors (Lipinski definition) is 16. The average Bonchev–Trinajstić information content (AvgIpc) is 3.30. The predicted octanol–water partition coefficient (Wildman–Crippen LogP) is 1.52. The second-order valence-corrected chi connectivity index (χ2v) is 16.3. The van der Waals surface area contributed by atoms with Crippen LogP contribution in [0.25, 0.3) is 0 Å². The third kappa shape index (κ3) is 8.39. The standard InChI is InChI=1S/C27H36F2N2O16P2S/c1-11(32)40-9-16(28)18-21(42-12(2)33)20(35)19-25(45-27(18,19)44-13(3)34)46-48(37,38)47-49(39,50)41-10-17-22(30)26(4,29)23(43-17)14-6-5-7-15(8-14)24(31)36/h5-8,16-23,25,35H,9-10,30H2,1-4H3,(H2,31,36)(H,37,38)(H,39,50)/t16-,17+,18?,19?,20?,21?,22+,23-,25?,26+,27?,49?/m0/s1. The van der Waals surface area contributed by atoms with Crippen molar-refractivity contribution in [3.63, 3.8) is 0 Å². The smallest absolute Gasteiger partial charge is 0.463 e. The van der Waals surface area contributed by atoms with Crippen LogP contribution in [-0.4, -0.2) is 95.3 Å². The highest BCUT2D eigenvalue weighted by atomic mass is 32.7. The fourth-order valence-corrected chi connectivity index (χ4v) is 9.35. The van der Waals surface area contributed by atoms with Crippen LogP contribution >= 0.6 is 26.9 Å². The van der Waals surface area contributed by atoms with Gasteiger partial charge in [-0.2, -0.15) is 4.31 Å². The average molecular weight is 777 g/mol. The predicted molar refractivity (Wildman–Crippen MR) is 164 cm³/mol. The number of nitrogens with two attached hydrogens (primary N) is 2. The summed E-state index contributed by atoms with van der Waals surface area (Å²) in [4.78, 5) is 57.2. The number of amides is 1. The minimum absolute atomic E-state index is 0.0664. The molecule has 2 saturated heterocycles. The van der Waals surface area contributed by atoms with Gasteiger partial charge in [-0.25, -0.2) is 17.9 Å². The molecular formula is C27H36F2N2O16P2S. The summed E-state index contributed by atoms with van der Waals surface area (Å²) in [5.74, 6) is -9.80. The number of hydrogen-bond donors (Lipinski definition) is 5. The molecule has 2 aliphatic heterocycles. The van der Waals surface area contributed by atoms with Gasteiger partial charge in [0.2, 0.25) is 11.7 Å². The molecule has 6 N–H and O–H groups in total. The van der Waals surface area contributed by atoms with Crippen molar-refractivity contribution in [2.75, 3.05) is 13.2 Å². The molecule has 0 spiro atoms. The number of halogens is 2. The summed E-state index contributed by atoms with van der Waals surface area (Å²) in [6.07, 6.45) is -10.8. The number of carbonyl (C=O) groups is 4. The number of thiol groups is 1. The van der Waals surface area contributed by atoms with Gasteiger partial charge in [-0.1, -0.05) is 24.4 Å². The van der Waals surface area contributed by atoms with Gasteiger partial charge in [0.1, 0.15) is 43.1 Å². The molecule has 1 aromatic rings. The molecular weight excluding hydrogens is 740 g/mol. The van der Waals surface area contributed by atoms with E-state index in [9.17, 15) is 38.3 Å². The lowest BCUT2D eigenvalue weighted by Crippen LogP contribution is -2.66. The van der Waals surface area contributed by atoms with Crippen molar-refractivity contribution in [1.29, 1.82) is 0 Å². The topological polar surface area (TPSA) is 269 Å². The van der Waals surface area contributed by atoms with E-state index in [1.807, 2.05) is 0 Å². The van der Waals surface area contributed by atoms with Crippen molar-refractivity contribution in [2.24, 2.45) is 23.3 Å². The number of esters is 3. The molecule has 50 heavy (non-hydrogen) atoms. The fourth-order valence-electron chi connectivity index (χ4n) is 6.17. The maximum absolute atomic E-state index is 15.7. The van der Waals surface area contributed by atoms with Crippen LogP contribution < -0.4 is 11.5 Å². The van der Waals surface area contributed by atoms with E-state index in [0.717, 1.165) is 27.7 Å². The Labute approximate surface area is 288 Å². The number of fused-ring (bicyclic) bond motifs is 1. The molecule has 280 valence electrons. The summed E-state index contributed by atoms with van der Waals surface area (Å²) < 4.78 is 97.8. The highest BCUT2D eigenvalue weighted by molar-refractivity contribution is 8.45. The summed E-state index contributed by atoms with van der Waals surface area (Å²) >= 11 is 3.66. The van der Waals surface area contributed by atoms with E-state index in [-0.39, 0.29) is 11.1 Å². The van der Waals surface area contributed by atoms with E-state index in [1.54, 1.807) is 0 Å². The third-order valence-electron chi connectivity index (χ3n) is 8.22. The lowest BCUT2D eigenvalue weighted by molar-refractivity contribution is -0.425. The highest BCUT2D eigenvalue weighted by Crippen LogP contribution is 2.68. The molecule has 0 aromatic heterocycles. The second kappa shape index (κ2) is 14.8. The Balaban J connectivity index is 1.46. The normalized spacial score (nSPS) is 36.2. The monoisotopic (exact) mass is 776 g/mol. The van der Waals surface area contributed by atoms with Gasteiger partial charge in [0.25, 0.3) is 0 Å². The van der Waals surface area contributed by atoms with E-state index in [1.165, 1.54) is 24.3 Å². The van der Waals surface area contributed by atoms with Crippen molar-refractivity contribution >= 4 is 50.7 Å². The molecule has 1 aromatic carbocycles. The molecule has 0 bridgehead atoms. The fraction of sp³-hybridized carbons (Fsp3) is 0.630. The molecule has 2 heterocycles. The van der Waals surface area contributed by atoms with E-state index in [2.05, 4.69) is 21.3 Å². The van der Waals surface area contributed by atoms with Crippen molar-refractivity contribution < 1.29 is 84.1 Å². The number of aliphatic hydroxyl groups excluding tert-OH is 1. The summed E-state index contributed by atoms with van der Waals surface area (Å²) in [5, 5.41) is 11.0. The van der Waals surface area contributed by atoms with E-state index >= 15 is 8.78 Å². The molecule has 3 fully saturated rings. The lowest BCUT2D eigenvalue weighted by atomic mass is 9.86. The molecule has 23 heteroatoms.